The van der Waals surface area contributed by atoms with Gasteiger partial charge in [-0.2, -0.15) is 13.2 Å². The number of nitrogens with one attached hydrogen (secondary N) is 1. The van der Waals surface area contributed by atoms with E-state index in [1.807, 2.05) is 0 Å². The summed E-state index contributed by atoms with van der Waals surface area (Å²) in [6.45, 7) is -0.142. The van der Waals surface area contributed by atoms with Crippen molar-refractivity contribution in [2.24, 2.45) is 12.9 Å². The number of ether oxygens (including phenoxy) is 1. The lowest BCUT2D eigenvalue weighted by Crippen LogP contribution is -2.50. The van der Waals surface area contributed by atoms with E-state index in [4.69, 9.17) is 15.0 Å². The van der Waals surface area contributed by atoms with E-state index in [2.05, 4.69) is 10.4 Å². The summed E-state index contributed by atoms with van der Waals surface area (Å²) in [7, 11) is 3.17. The molecule has 0 unspecified atom stereocenters. The van der Waals surface area contributed by atoms with Gasteiger partial charge in [-0.25, -0.2) is 4.98 Å². The van der Waals surface area contributed by atoms with Gasteiger partial charge in [0.2, 0.25) is 5.71 Å². The number of alkyl halides is 3. The van der Waals surface area contributed by atoms with Gasteiger partial charge in [0.1, 0.15) is 17.8 Å². The van der Waals surface area contributed by atoms with E-state index in [1.54, 1.807) is 40.8 Å². The zero-order valence-electron chi connectivity index (χ0n) is 19.2. The first-order chi connectivity index (χ1) is 16.7. The van der Waals surface area contributed by atoms with Crippen LogP contribution in [0.15, 0.2) is 34.9 Å². The number of furan rings is 1. The van der Waals surface area contributed by atoms with Gasteiger partial charge < -0.3 is 18.6 Å². The molecule has 3 aromatic heterocycles. The van der Waals surface area contributed by atoms with Crippen molar-refractivity contribution < 1.29 is 27.1 Å². The molecule has 1 aliphatic heterocycles. The van der Waals surface area contributed by atoms with Crippen molar-refractivity contribution in [1.82, 2.24) is 24.4 Å². The molecule has 5 rings (SSSR count). The Balaban J connectivity index is 1.61. The summed E-state index contributed by atoms with van der Waals surface area (Å²) in [6, 6.07) is 6.51. The molecule has 1 atom stereocenters. The standard InChI is InChI=1S/C23H25F3N6O3/c1-30-19-16(8-14(10-18(19)34-2)21(33)31-6-3-4-15(11-31)29-27)28-20(30)17-9-13-5-7-35-22(13)32(17)12-23(24,25)26/h5,7-10,15,29H,3-4,6,11-12,27H2,1-2H3/t15-/m1/s1. The first kappa shape index (κ1) is 23.2. The number of nitrogens with two attached hydrogens (primary N) is 1. The van der Waals surface area contributed by atoms with Crippen LogP contribution in [-0.2, 0) is 13.6 Å². The number of carbonyl (C=O) groups excluding carboxylic acids is 1. The molecular formula is C23H25F3N6O3. The van der Waals surface area contributed by atoms with Crippen LogP contribution in [-0.4, -0.2) is 57.3 Å². The van der Waals surface area contributed by atoms with Gasteiger partial charge in [0.15, 0.2) is 5.82 Å². The van der Waals surface area contributed by atoms with E-state index in [1.165, 1.54) is 13.4 Å². The predicted octanol–water partition coefficient (Wildman–Crippen LogP) is 3.43. The number of hydrazine groups is 1. The van der Waals surface area contributed by atoms with Gasteiger partial charge in [0, 0.05) is 37.1 Å². The van der Waals surface area contributed by atoms with Gasteiger partial charge in [-0.3, -0.25) is 20.6 Å². The van der Waals surface area contributed by atoms with Gasteiger partial charge >= 0.3 is 6.18 Å². The lowest BCUT2D eigenvalue weighted by Gasteiger charge is -2.32. The lowest BCUT2D eigenvalue weighted by atomic mass is 10.0. The summed E-state index contributed by atoms with van der Waals surface area (Å²) in [6.07, 6.45) is -1.40. The van der Waals surface area contributed by atoms with Gasteiger partial charge in [-0.05, 0) is 37.1 Å². The van der Waals surface area contributed by atoms with Crippen molar-refractivity contribution in [3.8, 4) is 17.3 Å². The summed E-state index contributed by atoms with van der Waals surface area (Å²) in [5.41, 5.74) is 4.47. The van der Waals surface area contributed by atoms with E-state index in [0.29, 0.717) is 46.6 Å². The van der Waals surface area contributed by atoms with Crippen LogP contribution < -0.4 is 16.0 Å². The number of nitrogens with zero attached hydrogens (tertiary/aromatic N) is 4. The molecule has 1 fully saturated rings. The number of hydrogen-bond acceptors (Lipinski definition) is 6. The average Bonchev–Trinajstić information content (AvgIpc) is 3.51. The third kappa shape index (κ3) is 4.12. The summed E-state index contributed by atoms with van der Waals surface area (Å²) >= 11 is 0. The molecule has 4 aromatic rings. The number of aryl methyl sites for hydroxylation is 1. The lowest BCUT2D eigenvalue weighted by molar-refractivity contribution is -0.140. The molecule has 0 bridgehead atoms. The molecular weight excluding hydrogens is 465 g/mol. The van der Waals surface area contributed by atoms with E-state index < -0.39 is 12.7 Å². The molecule has 0 radical (unpaired) electrons. The van der Waals surface area contributed by atoms with Crippen LogP contribution >= 0.6 is 0 Å². The van der Waals surface area contributed by atoms with E-state index >= 15 is 0 Å². The zero-order chi connectivity index (χ0) is 24.9. The van der Waals surface area contributed by atoms with Crippen molar-refractivity contribution in [2.75, 3.05) is 20.2 Å². The minimum Gasteiger partial charge on any atom is -0.494 e. The topological polar surface area (TPSA) is 103 Å². The van der Waals surface area contributed by atoms with Crippen LogP contribution in [0.4, 0.5) is 13.2 Å². The van der Waals surface area contributed by atoms with Gasteiger partial charge in [0.05, 0.1) is 24.6 Å². The Hall–Kier alpha value is -3.51. The zero-order valence-corrected chi connectivity index (χ0v) is 19.2. The molecule has 9 nitrogen and oxygen atoms in total. The van der Waals surface area contributed by atoms with E-state index in [0.717, 1.165) is 17.4 Å². The number of halogens is 3. The Morgan fingerprint density at radius 3 is 2.86 bits per heavy atom. The van der Waals surface area contributed by atoms with Crippen LogP contribution in [0.3, 0.4) is 0 Å². The summed E-state index contributed by atoms with van der Waals surface area (Å²) in [5, 5.41) is 0.535. The van der Waals surface area contributed by atoms with Crippen molar-refractivity contribution in [3.05, 3.63) is 36.1 Å². The van der Waals surface area contributed by atoms with Crippen LogP contribution in [0.25, 0.3) is 33.7 Å². The molecule has 4 heterocycles. The first-order valence-corrected chi connectivity index (χ1v) is 11.1. The van der Waals surface area contributed by atoms with Crippen LogP contribution in [0.2, 0.25) is 0 Å². The summed E-state index contributed by atoms with van der Waals surface area (Å²) in [5.74, 6) is 6.08. The molecule has 1 aromatic carbocycles. The second-order valence-corrected chi connectivity index (χ2v) is 8.71. The highest BCUT2D eigenvalue weighted by Crippen LogP contribution is 2.36. The van der Waals surface area contributed by atoms with Crippen LogP contribution in [0.1, 0.15) is 23.2 Å². The van der Waals surface area contributed by atoms with Crippen molar-refractivity contribution in [2.45, 2.75) is 31.6 Å². The van der Waals surface area contributed by atoms with Crippen LogP contribution in [0, 0.1) is 0 Å². The highest BCUT2D eigenvalue weighted by Gasteiger charge is 2.32. The smallest absolute Gasteiger partial charge is 0.406 e. The molecule has 1 amide bonds. The number of hydrogen-bond donors (Lipinski definition) is 2. The fraction of sp³-hybridized carbons (Fsp3) is 0.391. The van der Waals surface area contributed by atoms with Crippen molar-refractivity contribution >= 4 is 28.0 Å². The molecule has 3 N–H and O–H groups in total. The van der Waals surface area contributed by atoms with Gasteiger partial charge in [-0.1, -0.05) is 0 Å². The molecule has 186 valence electrons. The normalized spacial score (nSPS) is 17.0. The number of amides is 1. The molecule has 12 heteroatoms. The number of benzene rings is 1. The quantitative estimate of drug-likeness (QED) is 0.328. The van der Waals surface area contributed by atoms with Gasteiger partial charge in [-0.15, -0.1) is 0 Å². The third-order valence-corrected chi connectivity index (χ3v) is 6.41. The Morgan fingerprint density at radius 2 is 2.14 bits per heavy atom. The predicted molar refractivity (Wildman–Crippen MR) is 123 cm³/mol. The number of aromatic nitrogens is 3. The molecule has 35 heavy (non-hydrogen) atoms. The fourth-order valence-electron chi connectivity index (χ4n) is 4.80. The molecule has 1 aliphatic rings. The Bertz CT molecular complexity index is 1400. The summed E-state index contributed by atoms with van der Waals surface area (Å²) < 4.78 is 53.8. The Kier molecular flexibility index (Phi) is 5.72. The van der Waals surface area contributed by atoms with Crippen molar-refractivity contribution in [3.63, 3.8) is 0 Å². The maximum Gasteiger partial charge on any atom is 0.406 e. The third-order valence-electron chi connectivity index (χ3n) is 6.41. The molecule has 0 spiro atoms. The number of carbonyl (C=O) groups is 1. The van der Waals surface area contributed by atoms with Crippen LogP contribution in [0.5, 0.6) is 5.75 Å². The molecule has 1 saturated heterocycles. The Labute approximate surface area is 198 Å². The van der Waals surface area contributed by atoms with Gasteiger partial charge in [0.25, 0.3) is 5.91 Å². The first-order valence-electron chi connectivity index (χ1n) is 11.1. The number of likely N-dealkylation sites (tertiary alicyclic amines) is 1. The average molecular weight is 490 g/mol. The second kappa shape index (κ2) is 8.61. The SMILES string of the molecule is COc1cc(C(=O)N2CCC[C@@H](NN)C2)cc2nc(-c3cc4ccoc4n3CC(F)(F)F)n(C)c12. The highest BCUT2D eigenvalue weighted by atomic mass is 19.4. The minimum atomic E-state index is -4.46. The number of methoxy groups -OCH3 is 1. The number of piperidine rings is 1. The highest BCUT2D eigenvalue weighted by molar-refractivity contribution is 6.00. The largest absolute Gasteiger partial charge is 0.494 e. The molecule has 0 saturated carbocycles. The van der Waals surface area contributed by atoms with E-state index in [9.17, 15) is 18.0 Å². The minimum absolute atomic E-state index is 0.0134. The Morgan fingerprint density at radius 1 is 1.34 bits per heavy atom. The number of fused-ring (bicyclic) bond motifs is 2. The fourth-order valence-corrected chi connectivity index (χ4v) is 4.80. The maximum atomic E-state index is 13.4. The number of imidazole rings is 1. The second-order valence-electron chi connectivity index (χ2n) is 8.71. The number of rotatable bonds is 5. The maximum absolute atomic E-state index is 13.4. The van der Waals surface area contributed by atoms with Crippen molar-refractivity contribution in [1.29, 1.82) is 0 Å². The monoisotopic (exact) mass is 490 g/mol. The van der Waals surface area contributed by atoms with E-state index in [-0.39, 0.29) is 23.4 Å². The summed E-state index contributed by atoms with van der Waals surface area (Å²) in [4.78, 5) is 19.6. The molecule has 0 aliphatic carbocycles.